The topological polar surface area (TPSA) is 26.0 Å². The lowest BCUT2D eigenvalue weighted by Crippen LogP contribution is -2.28. The SMILES string of the molecule is CCCC(C)C(N)CCC1CC1. The first kappa shape index (κ1) is 10.0. The molecule has 1 nitrogen and oxygen atoms in total. The molecule has 1 saturated carbocycles. The maximum Gasteiger partial charge on any atom is 0.00646 e. The van der Waals surface area contributed by atoms with Crippen LogP contribution in [-0.4, -0.2) is 6.04 Å². The maximum atomic E-state index is 6.08. The van der Waals surface area contributed by atoms with E-state index in [4.69, 9.17) is 5.73 Å². The zero-order valence-electron chi connectivity index (χ0n) is 8.55. The minimum absolute atomic E-state index is 0.463. The van der Waals surface area contributed by atoms with Gasteiger partial charge in [-0.25, -0.2) is 0 Å². The van der Waals surface area contributed by atoms with Crippen LogP contribution in [0.15, 0.2) is 0 Å². The molecule has 0 radical (unpaired) electrons. The van der Waals surface area contributed by atoms with Gasteiger partial charge in [-0.2, -0.15) is 0 Å². The quantitative estimate of drug-likeness (QED) is 0.650. The summed E-state index contributed by atoms with van der Waals surface area (Å²) in [7, 11) is 0. The van der Waals surface area contributed by atoms with Crippen molar-refractivity contribution in [1.29, 1.82) is 0 Å². The molecule has 2 unspecified atom stereocenters. The lowest BCUT2D eigenvalue weighted by Gasteiger charge is -2.18. The summed E-state index contributed by atoms with van der Waals surface area (Å²) in [5.41, 5.74) is 6.08. The Labute approximate surface area is 76.7 Å². The first-order chi connectivity index (χ1) is 5.74. The lowest BCUT2D eigenvalue weighted by atomic mass is 9.93. The van der Waals surface area contributed by atoms with Crippen LogP contribution in [0.25, 0.3) is 0 Å². The molecular weight excluding hydrogens is 146 g/mol. The van der Waals surface area contributed by atoms with Gasteiger partial charge in [0, 0.05) is 6.04 Å². The standard InChI is InChI=1S/C11H23N/c1-3-4-9(2)11(12)8-7-10-5-6-10/h9-11H,3-8,12H2,1-2H3. The number of nitrogens with two attached hydrogens (primary N) is 1. The van der Waals surface area contributed by atoms with Gasteiger partial charge in [-0.3, -0.25) is 0 Å². The fraction of sp³-hybridized carbons (Fsp3) is 1.00. The Balaban J connectivity index is 2.03. The highest BCUT2D eigenvalue weighted by atomic mass is 14.6. The van der Waals surface area contributed by atoms with Crippen LogP contribution in [0.2, 0.25) is 0 Å². The third kappa shape index (κ3) is 3.57. The molecule has 72 valence electrons. The van der Waals surface area contributed by atoms with Gasteiger partial charge in [0.2, 0.25) is 0 Å². The molecule has 1 fully saturated rings. The molecule has 0 aromatic carbocycles. The molecule has 2 N–H and O–H groups in total. The molecule has 0 aliphatic heterocycles. The van der Waals surface area contributed by atoms with E-state index in [1.165, 1.54) is 38.5 Å². The number of hydrogen-bond acceptors (Lipinski definition) is 1. The molecule has 1 aliphatic rings. The first-order valence-corrected chi connectivity index (χ1v) is 5.49. The van der Waals surface area contributed by atoms with Crippen molar-refractivity contribution < 1.29 is 0 Å². The van der Waals surface area contributed by atoms with Crippen molar-refractivity contribution in [3.05, 3.63) is 0 Å². The second-order valence-electron chi connectivity index (χ2n) is 4.45. The van der Waals surface area contributed by atoms with Crippen molar-refractivity contribution in [3.63, 3.8) is 0 Å². The van der Waals surface area contributed by atoms with E-state index in [1.807, 2.05) is 0 Å². The molecule has 0 bridgehead atoms. The Bertz CT molecular complexity index is 118. The summed E-state index contributed by atoms with van der Waals surface area (Å²) in [5, 5.41) is 0. The van der Waals surface area contributed by atoms with E-state index in [-0.39, 0.29) is 0 Å². The van der Waals surface area contributed by atoms with Crippen LogP contribution in [0.1, 0.15) is 52.4 Å². The highest BCUT2D eigenvalue weighted by molar-refractivity contribution is 4.77. The fourth-order valence-electron chi connectivity index (χ4n) is 1.79. The highest BCUT2D eigenvalue weighted by Crippen LogP contribution is 2.34. The summed E-state index contributed by atoms with van der Waals surface area (Å²) in [4.78, 5) is 0. The Hall–Kier alpha value is -0.0400. The van der Waals surface area contributed by atoms with Crippen LogP contribution >= 0.6 is 0 Å². The van der Waals surface area contributed by atoms with Gasteiger partial charge in [0.05, 0.1) is 0 Å². The Morgan fingerprint density at radius 3 is 2.50 bits per heavy atom. The Morgan fingerprint density at radius 2 is 2.00 bits per heavy atom. The van der Waals surface area contributed by atoms with Gasteiger partial charge in [-0.1, -0.05) is 33.1 Å². The van der Waals surface area contributed by atoms with E-state index in [0.717, 1.165) is 11.8 Å². The van der Waals surface area contributed by atoms with Crippen LogP contribution in [0.4, 0.5) is 0 Å². The third-order valence-corrected chi connectivity index (χ3v) is 3.08. The Kier molecular flexibility index (Phi) is 4.07. The second-order valence-corrected chi connectivity index (χ2v) is 4.45. The van der Waals surface area contributed by atoms with Crippen molar-refractivity contribution in [2.75, 3.05) is 0 Å². The van der Waals surface area contributed by atoms with Gasteiger partial charge >= 0.3 is 0 Å². The summed E-state index contributed by atoms with van der Waals surface area (Å²) in [6.07, 6.45) is 8.15. The zero-order valence-corrected chi connectivity index (χ0v) is 8.55. The van der Waals surface area contributed by atoms with Crippen LogP contribution in [-0.2, 0) is 0 Å². The van der Waals surface area contributed by atoms with Crippen LogP contribution in [0.3, 0.4) is 0 Å². The summed E-state index contributed by atoms with van der Waals surface area (Å²) >= 11 is 0. The number of hydrogen-bond donors (Lipinski definition) is 1. The largest absolute Gasteiger partial charge is 0.327 e. The van der Waals surface area contributed by atoms with E-state index in [0.29, 0.717) is 6.04 Å². The molecule has 0 saturated heterocycles. The van der Waals surface area contributed by atoms with Crippen molar-refractivity contribution in [3.8, 4) is 0 Å². The molecule has 12 heavy (non-hydrogen) atoms. The fourth-order valence-corrected chi connectivity index (χ4v) is 1.79. The van der Waals surface area contributed by atoms with Gasteiger partial charge in [0.15, 0.2) is 0 Å². The zero-order chi connectivity index (χ0) is 8.97. The van der Waals surface area contributed by atoms with E-state index in [1.54, 1.807) is 0 Å². The molecule has 0 amide bonds. The summed E-state index contributed by atoms with van der Waals surface area (Å²) in [5.74, 6) is 1.78. The molecule has 0 spiro atoms. The van der Waals surface area contributed by atoms with E-state index < -0.39 is 0 Å². The minimum Gasteiger partial charge on any atom is -0.327 e. The van der Waals surface area contributed by atoms with Crippen molar-refractivity contribution in [2.24, 2.45) is 17.6 Å². The average Bonchev–Trinajstić information content (AvgIpc) is 2.83. The van der Waals surface area contributed by atoms with Crippen LogP contribution < -0.4 is 5.73 Å². The van der Waals surface area contributed by atoms with E-state index in [2.05, 4.69) is 13.8 Å². The number of rotatable bonds is 6. The van der Waals surface area contributed by atoms with E-state index >= 15 is 0 Å². The third-order valence-electron chi connectivity index (χ3n) is 3.08. The van der Waals surface area contributed by atoms with Gasteiger partial charge in [-0.15, -0.1) is 0 Å². The smallest absolute Gasteiger partial charge is 0.00646 e. The first-order valence-electron chi connectivity index (χ1n) is 5.49. The highest BCUT2D eigenvalue weighted by Gasteiger charge is 2.22. The van der Waals surface area contributed by atoms with Gasteiger partial charge in [-0.05, 0) is 31.1 Å². The predicted octanol–water partition coefficient (Wildman–Crippen LogP) is 2.94. The van der Waals surface area contributed by atoms with Crippen molar-refractivity contribution >= 4 is 0 Å². The summed E-state index contributed by atoms with van der Waals surface area (Å²) < 4.78 is 0. The average molecular weight is 169 g/mol. The van der Waals surface area contributed by atoms with Crippen molar-refractivity contribution in [2.45, 2.75) is 58.4 Å². The Morgan fingerprint density at radius 1 is 1.33 bits per heavy atom. The van der Waals surface area contributed by atoms with Gasteiger partial charge < -0.3 is 5.73 Å². The van der Waals surface area contributed by atoms with Gasteiger partial charge in [0.1, 0.15) is 0 Å². The molecule has 1 aliphatic carbocycles. The predicted molar refractivity (Wildman–Crippen MR) is 54.0 cm³/mol. The molecule has 0 aromatic heterocycles. The second kappa shape index (κ2) is 4.86. The van der Waals surface area contributed by atoms with Crippen LogP contribution in [0, 0.1) is 11.8 Å². The van der Waals surface area contributed by atoms with Crippen molar-refractivity contribution in [1.82, 2.24) is 0 Å². The summed E-state index contributed by atoms with van der Waals surface area (Å²) in [6, 6.07) is 0.463. The molecule has 2 atom stereocenters. The molecule has 1 rings (SSSR count). The molecular formula is C11H23N. The molecule has 1 heteroatoms. The summed E-state index contributed by atoms with van der Waals surface area (Å²) in [6.45, 7) is 4.53. The monoisotopic (exact) mass is 169 g/mol. The van der Waals surface area contributed by atoms with Crippen LogP contribution in [0.5, 0.6) is 0 Å². The normalized spacial score (nSPS) is 22.2. The molecule has 0 heterocycles. The minimum atomic E-state index is 0.463. The maximum absolute atomic E-state index is 6.08. The van der Waals surface area contributed by atoms with E-state index in [9.17, 15) is 0 Å². The van der Waals surface area contributed by atoms with Gasteiger partial charge in [0.25, 0.3) is 0 Å². The molecule has 0 aromatic rings. The lowest BCUT2D eigenvalue weighted by molar-refractivity contribution is 0.388.